The van der Waals surface area contributed by atoms with Gasteiger partial charge in [0, 0.05) is 82.6 Å². The third kappa shape index (κ3) is 19.1. The monoisotopic (exact) mass is 1260 g/mol. The summed E-state index contributed by atoms with van der Waals surface area (Å²) in [4.78, 5) is 123. The molecule has 0 saturated carbocycles. The third-order valence-electron chi connectivity index (χ3n) is 16.5. The Labute approximate surface area is 512 Å². The van der Waals surface area contributed by atoms with Gasteiger partial charge in [0.15, 0.2) is 17.3 Å². The average Bonchev–Trinajstić information content (AvgIpc) is 4.38. The van der Waals surface area contributed by atoms with Crippen LogP contribution < -0.4 is 26.6 Å². The first-order chi connectivity index (χ1) is 40.0. The van der Waals surface area contributed by atoms with Gasteiger partial charge in [0.25, 0.3) is 5.91 Å². The van der Waals surface area contributed by atoms with E-state index in [0.717, 1.165) is 29.5 Å². The van der Waals surface area contributed by atoms with E-state index in [1.807, 2.05) is 45.9 Å². The minimum atomic E-state index is -1.89. The van der Waals surface area contributed by atoms with Crippen molar-refractivity contribution in [2.24, 2.45) is 23.5 Å². The Morgan fingerprint density at radius 2 is 1.69 bits per heavy atom. The third-order valence-corrected chi connectivity index (χ3v) is 17.6. The number of nitrogens with zero attached hydrogens (tertiary/aromatic N) is 2. The minimum absolute atomic E-state index is 0.00806. The van der Waals surface area contributed by atoms with E-state index in [9.17, 15) is 48.3 Å². The summed E-state index contributed by atoms with van der Waals surface area (Å²) in [7, 11) is 4.42. The van der Waals surface area contributed by atoms with Crippen molar-refractivity contribution in [3.63, 3.8) is 0 Å². The molecular formula is C63H86BrClN6O14. The van der Waals surface area contributed by atoms with E-state index in [1.165, 1.54) is 43.0 Å². The van der Waals surface area contributed by atoms with Gasteiger partial charge >= 0.3 is 18.1 Å². The number of unbranched alkanes of at least 4 members (excludes halogenated alkanes) is 3. The number of carbonyl (C=O) groups excluding carboxylic acids is 9. The molecule has 4 bridgehead atoms. The quantitative estimate of drug-likeness (QED) is 0.0195. The van der Waals surface area contributed by atoms with Crippen molar-refractivity contribution in [3.05, 3.63) is 99.6 Å². The maximum atomic E-state index is 14.5. The highest BCUT2D eigenvalue weighted by Gasteiger charge is 2.64. The number of hydrogen-bond acceptors (Lipinski definition) is 14. The second-order valence-corrected chi connectivity index (χ2v) is 24.4. The first kappa shape index (κ1) is 69.5. The van der Waals surface area contributed by atoms with Gasteiger partial charge in [0.05, 0.1) is 29.3 Å². The Balaban J connectivity index is 1.29. The number of nitrogens with two attached hydrogens (primary N) is 1. The van der Waals surface area contributed by atoms with Gasteiger partial charge in [-0.1, -0.05) is 110 Å². The van der Waals surface area contributed by atoms with Gasteiger partial charge in [0.1, 0.15) is 35.7 Å². The number of urea groups is 1. The summed E-state index contributed by atoms with van der Waals surface area (Å²) in [5.41, 5.74) is 6.23. The highest BCUT2D eigenvalue weighted by molar-refractivity contribution is 9.09. The lowest BCUT2D eigenvalue weighted by atomic mass is 9.83. The Bertz CT molecular complexity index is 2860. The van der Waals surface area contributed by atoms with Crippen molar-refractivity contribution < 1.29 is 67.2 Å². The number of epoxide rings is 1. The summed E-state index contributed by atoms with van der Waals surface area (Å²) in [6.07, 6.45) is 4.28. The molecule has 0 radical (unpaired) electrons. The Morgan fingerprint density at radius 3 is 2.33 bits per heavy atom. The Kier molecular flexibility index (Phi) is 25.7. The van der Waals surface area contributed by atoms with E-state index >= 15 is 0 Å². The van der Waals surface area contributed by atoms with Gasteiger partial charge in [-0.15, -0.1) is 0 Å². The van der Waals surface area contributed by atoms with Gasteiger partial charge in [-0.05, 0) is 106 Å². The molecule has 0 aliphatic carbocycles. The van der Waals surface area contributed by atoms with Gasteiger partial charge in [-0.3, -0.25) is 34.1 Å². The number of benzene rings is 2. The van der Waals surface area contributed by atoms with Crippen molar-refractivity contribution in [3.8, 4) is 0 Å². The number of aryl methyl sites for hydroxylation is 1. The van der Waals surface area contributed by atoms with Gasteiger partial charge in [-0.2, -0.15) is 0 Å². The fourth-order valence-corrected chi connectivity index (χ4v) is 11.4. The second kappa shape index (κ2) is 31.4. The van der Waals surface area contributed by atoms with Crippen LogP contribution in [0, 0.1) is 24.7 Å². The standard InChI is InChI=1S/C63H86BrClN6O14/c1-36(2)46(32-45(72)19-14-12-13-15-21-49(73)39(5)35-64)57(76)68-47(20-17-27-67-60(66)79)50(74)31-42-23-25-44(26-24-42)58(77)70(9)41(7)59(78)84-53-33-54(75)71(10)48-30-43(29-38(4)55(48)65)28-37(3)18-16-22-52(82-11)63(81)34-51(83-61(80)69-63)40(6)56-62(53,8)85-56/h16,18,22-26,29-30,36,40-41,46-47,51-53,56,81H,5,12-15,17,19-21,27-28,31-35H2,1-4,6-11H3,(H,68,76)(H,69,80)(H3,66,67,79)/b22-16+,37-18+/t40-,41+,46+,47+,51+,52-,53+,56+,62+,63+/m1/s1. The molecule has 2 aromatic carbocycles. The number of hydrogen-bond donors (Lipinski definition) is 5. The molecule has 3 heterocycles. The number of allylic oxidation sites excluding steroid dienone is 4. The zero-order valence-electron chi connectivity index (χ0n) is 50.7. The van der Waals surface area contributed by atoms with Gasteiger partial charge in [0.2, 0.25) is 11.8 Å². The predicted molar refractivity (Wildman–Crippen MR) is 326 cm³/mol. The molecule has 0 unspecified atom stereocenters. The normalized spacial score (nSPS) is 24.4. The van der Waals surface area contributed by atoms with E-state index in [4.69, 9.17) is 36.3 Å². The smallest absolute Gasteiger partial charge is 0.409 e. The van der Waals surface area contributed by atoms with E-state index < -0.39 is 95.5 Å². The second-order valence-electron chi connectivity index (χ2n) is 23.4. The van der Waals surface area contributed by atoms with Crippen LogP contribution in [0.15, 0.2) is 72.4 Å². The maximum absolute atomic E-state index is 14.5. The number of nitrogens with one attached hydrogen (secondary N) is 3. The number of likely N-dealkylation sites (N-methyl/N-ethyl adjacent to an activating group) is 1. The topological polar surface area (TPSA) is 283 Å². The van der Waals surface area contributed by atoms with E-state index in [2.05, 4.69) is 38.5 Å². The van der Waals surface area contributed by atoms with Gasteiger partial charge in [-0.25, -0.2) is 14.4 Å². The number of Topliss-reactive ketones (excluding diaryl/α,β-unsaturated/α-hetero) is 3. The SMILES string of the molecule is C=C(CBr)C(=O)CCCCCCC(=O)C[C@H](C(=O)N[C@@H](CCCNC(N)=O)C(=O)Cc1ccc(C(=O)N(C)[C@@H](C)C(=O)O[C@H]2CC(=O)N(C)c3cc(cc(C)c3Cl)C/C(C)=C/C=C/[C@@H](OC)[C@@]3(O)C[C@H](OC(=O)N3)[C@@H](C)[C@@H]3O[C@@]23C)cc1)C(C)C. The maximum Gasteiger partial charge on any atom is 0.409 e. The number of alkyl halides is 1. The number of amides is 6. The number of alkyl carbamates (subject to hydrolysis) is 1. The number of aliphatic hydroxyl groups is 1. The molecule has 0 spiro atoms. The molecule has 3 aliphatic rings. The van der Waals surface area contributed by atoms with Crippen LogP contribution in [0.3, 0.4) is 0 Å². The number of halogens is 2. The molecule has 0 aromatic heterocycles. The fraction of sp³-hybridized carbons (Fsp3) is 0.571. The van der Waals surface area contributed by atoms with Crippen LogP contribution in [0.5, 0.6) is 0 Å². The number of esters is 1. The molecule has 2 saturated heterocycles. The number of ether oxygens (including phenoxy) is 4. The van der Waals surface area contributed by atoms with Crippen molar-refractivity contribution in [2.45, 2.75) is 180 Å². The van der Waals surface area contributed by atoms with Crippen LogP contribution >= 0.6 is 27.5 Å². The lowest BCUT2D eigenvalue weighted by molar-refractivity contribution is -0.158. The van der Waals surface area contributed by atoms with Crippen LogP contribution in [0.2, 0.25) is 5.02 Å². The summed E-state index contributed by atoms with van der Waals surface area (Å²) < 4.78 is 24.0. The molecule has 2 aromatic rings. The number of anilines is 1. The zero-order valence-corrected chi connectivity index (χ0v) is 53.0. The molecule has 6 N–H and O–H groups in total. The number of primary amides is 1. The molecule has 85 heavy (non-hydrogen) atoms. The van der Waals surface area contributed by atoms with E-state index in [0.29, 0.717) is 59.3 Å². The Hall–Kier alpha value is -6.26. The number of fused-ring (bicyclic) bond motifs is 5. The van der Waals surface area contributed by atoms with Crippen molar-refractivity contribution >= 4 is 86.4 Å². The first-order valence-corrected chi connectivity index (χ1v) is 30.6. The fourth-order valence-electron chi connectivity index (χ4n) is 10.8. The molecule has 5 rings (SSSR count). The molecule has 3 aliphatic heterocycles. The summed E-state index contributed by atoms with van der Waals surface area (Å²) in [5, 5.41) is 20.6. The molecule has 10 atom stereocenters. The summed E-state index contributed by atoms with van der Waals surface area (Å²) in [6.45, 7) is 16.3. The summed E-state index contributed by atoms with van der Waals surface area (Å²) >= 11 is 10.1. The lowest BCUT2D eigenvalue weighted by Gasteiger charge is -2.42. The number of rotatable bonds is 26. The largest absolute Gasteiger partial charge is 0.457 e. The Morgan fingerprint density at radius 1 is 1.02 bits per heavy atom. The predicted octanol–water partition coefficient (Wildman–Crippen LogP) is 8.27. The van der Waals surface area contributed by atoms with Crippen LogP contribution in [-0.2, 0) is 60.6 Å². The first-order valence-electron chi connectivity index (χ1n) is 29.1. The van der Waals surface area contributed by atoms with Gasteiger partial charge < -0.3 is 50.2 Å². The number of methoxy groups -OCH3 is 1. The number of ketones is 3. The van der Waals surface area contributed by atoms with Crippen LogP contribution in [0.1, 0.15) is 139 Å². The molecule has 20 nitrogen and oxygen atoms in total. The zero-order chi connectivity index (χ0) is 63.1. The van der Waals surface area contributed by atoms with Crippen molar-refractivity contribution in [2.75, 3.05) is 38.0 Å². The summed E-state index contributed by atoms with van der Waals surface area (Å²) in [5.74, 6) is -4.29. The van der Waals surface area contributed by atoms with Crippen molar-refractivity contribution in [1.82, 2.24) is 20.9 Å². The minimum Gasteiger partial charge on any atom is -0.457 e. The molecule has 2 fully saturated rings. The molecule has 466 valence electrons. The average molecular weight is 1270 g/mol. The van der Waals surface area contributed by atoms with E-state index in [-0.39, 0.29) is 73.9 Å². The lowest BCUT2D eigenvalue weighted by Crippen LogP contribution is -2.63. The highest BCUT2D eigenvalue weighted by Crippen LogP contribution is 2.49. The van der Waals surface area contributed by atoms with Crippen LogP contribution in [0.4, 0.5) is 15.3 Å². The van der Waals surface area contributed by atoms with Crippen molar-refractivity contribution in [1.29, 1.82) is 0 Å². The molecule has 22 heteroatoms. The summed E-state index contributed by atoms with van der Waals surface area (Å²) in [6, 6.07) is 7.02. The number of carbonyl (C=O) groups is 9. The highest BCUT2D eigenvalue weighted by atomic mass is 79.9. The van der Waals surface area contributed by atoms with Crippen LogP contribution in [-0.4, -0.2) is 144 Å². The molecular weight excluding hydrogens is 1180 g/mol. The molecule has 6 amide bonds. The van der Waals surface area contributed by atoms with E-state index in [1.54, 1.807) is 45.2 Å². The van der Waals surface area contributed by atoms with Crippen LogP contribution in [0.25, 0.3) is 0 Å².